The molecule has 1 aliphatic rings. The fourth-order valence-corrected chi connectivity index (χ4v) is 1.66. The maximum Gasteiger partial charge on any atom is 0.412 e. The van der Waals surface area contributed by atoms with Crippen LogP contribution in [0, 0.1) is 0 Å². The SMILES string of the molecule is O=C(OC(Br)(Br)Br)N1CCCCC1. The molecule has 1 amide bonds. The molecule has 0 aliphatic carbocycles. The van der Waals surface area contributed by atoms with Gasteiger partial charge in [0.25, 0.3) is 2.33 Å². The minimum atomic E-state index is -0.929. The van der Waals surface area contributed by atoms with Gasteiger partial charge in [-0.15, -0.1) is 0 Å². The first-order valence-electron chi connectivity index (χ1n) is 4.04. The van der Waals surface area contributed by atoms with Crippen LogP contribution in [0.2, 0.25) is 0 Å². The minimum Gasteiger partial charge on any atom is -0.411 e. The Morgan fingerprint density at radius 1 is 1.15 bits per heavy atom. The number of ether oxygens (including phenoxy) is 1. The Kier molecular flexibility index (Phi) is 4.51. The highest BCUT2D eigenvalue weighted by atomic mass is 80.0. The molecule has 0 N–H and O–H groups in total. The van der Waals surface area contributed by atoms with Crippen molar-refractivity contribution in [3.05, 3.63) is 0 Å². The van der Waals surface area contributed by atoms with E-state index in [1.807, 2.05) is 0 Å². The number of hydrogen-bond donors (Lipinski definition) is 0. The van der Waals surface area contributed by atoms with E-state index >= 15 is 0 Å². The molecular weight excluding hydrogens is 370 g/mol. The maximum absolute atomic E-state index is 11.4. The Labute approximate surface area is 103 Å². The number of hydrogen-bond acceptors (Lipinski definition) is 2. The molecule has 0 saturated carbocycles. The molecule has 0 spiro atoms. The molecule has 6 heteroatoms. The van der Waals surface area contributed by atoms with Crippen molar-refractivity contribution < 1.29 is 9.53 Å². The summed E-state index contributed by atoms with van der Waals surface area (Å²) in [6, 6.07) is 0. The lowest BCUT2D eigenvalue weighted by molar-refractivity contribution is 0.102. The average molecular weight is 380 g/mol. The number of carbonyl (C=O) groups is 1. The predicted octanol–water partition coefficient (Wildman–Crippen LogP) is 3.40. The van der Waals surface area contributed by atoms with Crippen molar-refractivity contribution in [2.75, 3.05) is 13.1 Å². The largest absolute Gasteiger partial charge is 0.412 e. The lowest BCUT2D eigenvalue weighted by Crippen LogP contribution is -2.37. The van der Waals surface area contributed by atoms with E-state index in [1.165, 1.54) is 6.42 Å². The second-order valence-electron chi connectivity index (χ2n) is 2.86. The topological polar surface area (TPSA) is 29.5 Å². The second kappa shape index (κ2) is 4.98. The first-order valence-corrected chi connectivity index (χ1v) is 6.41. The zero-order valence-corrected chi connectivity index (χ0v) is 11.7. The summed E-state index contributed by atoms with van der Waals surface area (Å²) in [5, 5.41) is 0. The van der Waals surface area contributed by atoms with Gasteiger partial charge < -0.3 is 9.64 Å². The third-order valence-corrected chi connectivity index (χ3v) is 2.30. The van der Waals surface area contributed by atoms with Crippen molar-refractivity contribution >= 4 is 53.9 Å². The summed E-state index contributed by atoms with van der Waals surface area (Å²) in [6.45, 7) is 1.59. The van der Waals surface area contributed by atoms with Crippen molar-refractivity contribution in [3.8, 4) is 0 Å². The highest BCUT2D eigenvalue weighted by Crippen LogP contribution is 2.35. The summed E-state index contributed by atoms with van der Waals surface area (Å²) in [7, 11) is 0. The Balaban J connectivity index is 2.38. The Bertz CT molecular complexity index is 187. The number of halogens is 3. The van der Waals surface area contributed by atoms with Gasteiger partial charge >= 0.3 is 6.09 Å². The van der Waals surface area contributed by atoms with Crippen LogP contribution < -0.4 is 0 Å². The van der Waals surface area contributed by atoms with Crippen LogP contribution in [0.5, 0.6) is 0 Å². The smallest absolute Gasteiger partial charge is 0.411 e. The molecule has 1 saturated heterocycles. The van der Waals surface area contributed by atoms with Crippen LogP contribution in [0.1, 0.15) is 19.3 Å². The Morgan fingerprint density at radius 3 is 2.15 bits per heavy atom. The summed E-state index contributed by atoms with van der Waals surface area (Å²) >= 11 is 9.33. The van der Waals surface area contributed by atoms with E-state index in [4.69, 9.17) is 4.74 Å². The molecule has 1 heterocycles. The molecule has 0 atom stereocenters. The number of piperidine rings is 1. The molecule has 0 aromatic carbocycles. The number of alkyl halides is 3. The molecule has 76 valence electrons. The van der Waals surface area contributed by atoms with Crippen molar-refractivity contribution in [1.29, 1.82) is 0 Å². The normalized spacial score (nSPS) is 18.5. The summed E-state index contributed by atoms with van der Waals surface area (Å²) in [4.78, 5) is 13.1. The quantitative estimate of drug-likeness (QED) is 0.604. The summed E-state index contributed by atoms with van der Waals surface area (Å²) in [5.41, 5.74) is 0. The highest BCUT2D eigenvalue weighted by molar-refractivity contribution is 9.39. The van der Waals surface area contributed by atoms with Crippen molar-refractivity contribution in [1.82, 2.24) is 4.90 Å². The first kappa shape index (κ1) is 11.8. The van der Waals surface area contributed by atoms with Gasteiger partial charge in [0.1, 0.15) is 0 Å². The van der Waals surface area contributed by atoms with E-state index in [1.54, 1.807) is 4.90 Å². The predicted molar refractivity (Wildman–Crippen MR) is 61.4 cm³/mol. The van der Waals surface area contributed by atoms with Gasteiger partial charge in [0.15, 0.2) is 0 Å². The van der Waals surface area contributed by atoms with Gasteiger partial charge in [-0.3, -0.25) is 0 Å². The number of nitrogens with zero attached hydrogens (tertiary/aromatic N) is 1. The Hall–Kier alpha value is 0.710. The van der Waals surface area contributed by atoms with Gasteiger partial charge in [-0.25, -0.2) is 4.79 Å². The van der Waals surface area contributed by atoms with Crippen LogP contribution in [0.4, 0.5) is 4.79 Å². The summed E-state index contributed by atoms with van der Waals surface area (Å²) < 4.78 is 4.09. The molecule has 0 aromatic rings. The Morgan fingerprint density at radius 2 is 1.69 bits per heavy atom. The first-order chi connectivity index (χ1) is 5.99. The third kappa shape index (κ3) is 4.65. The standard InChI is InChI=1S/C7H10Br3NO2/c8-7(9,10)13-6(12)11-4-2-1-3-5-11/h1-5H2. The van der Waals surface area contributed by atoms with Crippen molar-refractivity contribution in [2.24, 2.45) is 0 Å². The zero-order chi connectivity index (χ0) is 9.90. The second-order valence-corrected chi connectivity index (χ2v) is 9.40. The molecule has 0 aromatic heterocycles. The summed E-state index contributed by atoms with van der Waals surface area (Å²) in [5.74, 6) is 0. The molecule has 0 unspecified atom stereocenters. The van der Waals surface area contributed by atoms with Crippen LogP contribution in [-0.4, -0.2) is 26.4 Å². The van der Waals surface area contributed by atoms with Gasteiger partial charge in [-0.05, 0) is 67.1 Å². The van der Waals surface area contributed by atoms with Gasteiger partial charge in [0, 0.05) is 13.1 Å². The molecule has 13 heavy (non-hydrogen) atoms. The fourth-order valence-electron chi connectivity index (χ4n) is 1.24. The third-order valence-electron chi connectivity index (χ3n) is 1.82. The number of carbonyl (C=O) groups excluding carboxylic acids is 1. The fraction of sp³-hybridized carbons (Fsp3) is 0.857. The van der Waals surface area contributed by atoms with Crippen LogP contribution in [-0.2, 0) is 4.74 Å². The van der Waals surface area contributed by atoms with E-state index in [2.05, 4.69) is 47.8 Å². The molecule has 1 fully saturated rings. The minimum absolute atomic E-state index is 0.301. The van der Waals surface area contributed by atoms with E-state index in [-0.39, 0.29) is 6.09 Å². The van der Waals surface area contributed by atoms with Crippen molar-refractivity contribution in [3.63, 3.8) is 0 Å². The zero-order valence-electron chi connectivity index (χ0n) is 6.93. The van der Waals surface area contributed by atoms with Gasteiger partial charge in [0.2, 0.25) is 0 Å². The van der Waals surface area contributed by atoms with Crippen LogP contribution in [0.15, 0.2) is 0 Å². The highest BCUT2D eigenvalue weighted by Gasteiger charge is 2.27. The van der Waals surface area contributed by atoms with Crippen LogP contribution >= 0.6 is 47.8 Å². The number of rotatable bonds is 0. The van der Waals surface area contributed by atoms with Gasteiger partial charge in [-0.1, -0.05) is 0 Å². The number of amides is 1. The van der Waals surface area contributed by atoms with Crippen LogP contribution in [0.3, 0.4) is 0 Å². The number of likely N-dealkylation sites (tertiary alicyclic amines) is 1. The average Bonchev–Trinajstić information content (AvgIpc) is 2.03. The van der Waals surface area contributed by atoms with Crippen LogP contribution in [0.25, 0.3) is 0 Å². The molecule has 3 nitrogen and oxygen atoms in total. The molecule has 0 bridgehead atoms. The van der Waals surface area contributed by atoms with E-state index in [0.717, 1.165) is 25.9 Å². The molecular formula is C7H10Br3NO2. The molecule has 1 aliphatic heterocycles. The monoisotopic (exact) mass is 377 g/mol. The van der Waals surface area contributed by atoms with Crippen molar-refractivity contribution in [2.45, 2.75) is 21.6 Å². The van der Waals surface area contributed by atoms with E-state index < -0.39 is 2.33 Å². The van der Waals surface area contributed by atoms with E-state index in [9.17, 15) is 4.79 Å². The lowest BCUT2D eigenvalue weighted by Gasteiger charge is -2.27. The van der Waals surface area contributed by atoms with Gasteiger partial charge in [-0.2, -0.15) is 0 Å². The lowest BCUT2D eigenvalue weighted by atomic mass is 10.1. The van der Waals surface area contributed by atoms with Gasteiger partial charge in [0.05, 0.1) is 0 Å². The van der Waals surface area contributed by atoms with E-state index in [0.29, 0.717) is 0 Å². The molecule has 1 rings (SSSR count). The maximum atomic E-state index is 11.4. The summed E-state index contributed by atoms with van der Waals surface area (Å²) in [6.07, 6.45) is 3.03. The molecule has 0 radical (unpaired) electrons.